The van der Waals surface area contributed by atoms with E-state index in [2.05, 4.69) is 127 Å². The van der Waals surface area contributed by atoms with Crippen molar-refractivity contribution in [2.24, 2.45) is 0 Å². The standard InChI is InChI=1S/C36H54N2O2.C4H10O2.Ca/c1-33(2,3)25-17-23(31(39)27(19-25)35(7,8)9)21-37-29-15-13-14-16-30(29)38-22-24-18-26(34(4,5)6)20-28(32(24)40)36(10,11)12;1-5-3-4-6-2;/h17-22,29-30,39-40H,13-16H2,1-12H3;3-4H2,1-2H3;/q;;+2. The van der Waals surface area contributed by atoms with Gasteiger partial charge >= 0.3 is 37.7 Å². The van der Waals surface area contributed by atoms with E-state index in [9.17, 15) is 10.2 Å². The third kappa shape index (κ3) is 13.1. The van der Waals surface area contributed by atoms with Crippen molar-refractivity contribution in [3.8, 4) is 11.5 Å². The van der Waals surface area contributed by atoms with Crippen LogP contribution in [0, 0.1) is 0 Å². The van der Waals surface area contributed by atoms with E-state index in [0.717, 1.165) is 47.9 Å². The number of rotatable bonds is 7. The van der Waals surface area contributed by atoms with Crippen molar-refractivity contribution in [1.29, 1.82) is 0 Å². The third-order valence-corrected chi connectivity index (χ3v) is 8.75. The summed E-state index contributed by atoms with van der Waals surface area (Å²) in [6.07, 6.45) is 8.19. The fraction of sp³-hybridized carbons (Fsp3) is 0.650. The van der Waals surface area contributed by atoms with Gasteiger partial charge in [0.25, 0.3) is 0 Å². The summed E-state index contributed by atoms with van der Waals surface area (Å²) in [6, 6.07) is 8.64. The Balaban J connectivity index is 0.00000144. The van der Waals surface area contributed by atoms with Gasteiger partial charge in [0, 0.05) is 38.2 Å². The summed E-state index contributed by atoms with van der Waals surface area (Å²) >= 11 is 0. The zero-order valence-electron chi connectivity index (χ0n) is 32.2. The van der Waals surface area contributed by atoms with Crippen LogP contribution < -0.4 is 20.2 Å². The SMILES string of the molecule is CC(C)(C)c1cc(C=[NH+]C2CCCCC2[NH+]=Cc2cc(C(C)(C)C)cc(C(C)(C)C)c2[O-])c([O-])c(C(C)(C)C)c1.COCCOC.[Ca+2]. The summed E-state index contributed by atoms with van der Waals surface area (Å²) in [5, 5.41) is 27.0. The average molecular weight is 677 g/mol. The number of nitrogens with one attached hydrogen (secondary N) is 2. The smallest absolute Gasteiger partial charge is 0.872 e. The second-order valence-electron chi connectivity index (χ2n) is 17.0. The second kappa shape index (κ2) is 18.0. The summed E-state index contributed by atoms with van der Waals surface area (Å²) in [7, 11) is 3.30. The summed E-state index contributed by atoms with van der Waals surface area (Å²) < 4.78 is 9.31. The van der Waals surface area contributed by atoms with E-state index in [4.69, 9.17) is 0 Å². The molecule has 258 valence electrons. The Hall–Kier alpha value is -1.44. The molecule has 0 spiro atoms. The van der Waals surface area contributed by atoms with Gasteiger partial charge < -0.3 is 19.7 Å². The van der Waals surface area contributed by atoms with Crippen LogP contribution in [0.25, 0.3) is 0 Å². The van der Waals surface area contributed by atoms with Crippen LogP contribution in [0.5, 0.6) is 11.5 Å². The molecular weight excluding hydrogens is 613 g/mol. The van der Waals surface area contributed by atoms with Crippen LogP contribution in [0.3, 0.4) is 0 Å². The molecule has 1 fully saturated rings. The minimum atomic E-state index is -0.228. The van der Waals surface area contributed by atoms with Gasteiger partial charge in [-0.05, 0) is 68.9 Å². The van der Waals surface area contributed by atoms with E-state index in [1.165, 1.54) is 11.1 Å². The van der Waals surface area contributed by atoms with Crippen molar-refractivity contribution >= 4 is 50.2 Å². The van der Waals surface area contributed by atoms with Crippen molar-refractivity contribution < 1.29 is 29.7 Å². The fourth-order valence-electron chi connectivity index (χ4n) is 5.59. The third-order valence-electron chi connectivity index (χ3n) is 8.75. The van der Waals surface area contributed by atoms with Gasteiger partial charge in [0.15, 0.2) is 12.4 Å². The summed E-state index contributed by atoms with van der Waals surface area (Å²) in [4.78, 5) is 7.25. The quantitative estimate of drug-likeness (QED) is 0.264. The van der Waals surface area contributed by atoms with Gasteiger partial charge in [-0.3, -0.25) is 0 Å². The predicted molar refractivity (Wildman–Crippen MR) is 194 cm³/mol. The van der Waals surface area contributed by atoms with Gasteiger partial charge in [0.2, 0.25) is 12.1 Å². The molecule has 2 atom stereocenters. The van der Waals surface area contributed by atoms with Gasteiger partial charge in [0.05, 0.1) is 13.2 Å². The maximum absolute atomic E-state index is 13.5. The fourth-order valence-corrected chi connectivity index (χ4v) is 5.59. The minimum Gasteiger partial charge on any atom is -0.872 e. The van der Waals surface area contributed by atoms with Crippen LogP contribution in [0.4, 0.5) is 0 Å². The molecule has 2 N–H and O–H groups in total. The molecule has 0 aromatic heterocycles. The van der Waals surface area contributed by atoms with Crippen LogP contribution in [0.2, 0.25) is 0 Å². The molecule has 3 rings (SSSR count). The first kappa shape index (κ1) is 43.6. The first-order valence-corrected chi connectivity index (χ1v) is 17.0. The molecule has 1 aliphatic rings. The van der Waals surface area contributed by atoms with E-state index in [1.54, 1.807) is 14.2 Å². The first-order valence-electron chi connectivity index (χ1n) is 17.0. The molecule has 7 heteroatoms. The number of benzene rings is 2. The van der Waals surface area contributed by atoms with E-state index in [0.29, 0.717) is 13.2 Å². The van der Waals surface area contributed by atoms with Gasteiger partial charge in [-0.25, -0.2) is 9.98 Å². The van der Waals surface area contributed by atoms with Crippen LogP contribution in [0.15, 0.2) is 24.3 Å². The Labute approximate surface area is 316 Å². The van der Waals surface area contributed by atoms with Gasteiger partial charge in [0.1, 0.15) is 0 Å². The molecule has 47 heavy (non-hydrogen) atoms. The van der Waals surface area contributed by atoms with E-state index in [-0.39, 0.29) is 83.0 Å². The zero-order valence-corrected chi connectivity index (χ0v) is 34.4. The predicted octanol–water partition coefficient (Wildman–Crippen LogP) is 3.93. The molecule has 1 saturated carbocycles. The van der Waals surface area contributed by atoms with Crippen LogP contribution >= 0.6 is 0 Å². The van der Waals surface area contributed by atoms with Crippen LogP contribution in [0.1, 0.15) is 142 Å². The molecule has 0 amide bonds. The maximum atomic E-state index is 13.5. The van der Waals surface area contributed by atoms with Gasteiger partial charge in [-0.2, -0.15) is 0 Å². The van der Waals surface area contributed by atoms with E-state index >= 15 is 0 Å². The zero-order chi connectivity index (χ0) is 35.1. The second-order valence-corrected chi connectivity index (χ2v) is 17.0. The Morgan fingerprint density at radius 1 is 0.596 bits per heavy atom. The molecule has 0 radical (unpaired) electrons. The van der Waals surface area contributed by atoms with Crippen molar-refractivity contribution in [2.45, 2.75) is 143 Å². The van der Waals surface area contributed by atoms with Crippen molar-refractivity contribution in [1.82, 2.24) is 0 Å². The first-order chi connectivity index (χ1) is 21.1. The molecule has 2 aromatic carbocycles. The van der Waals surface area contributed by atoms with Crippen LogP contribution in [-0.4, -0.2) is 89.7 Å². The van der Waals surface area contributed by atoms with Gasteiger partial charge in [-0.15, -0.1) is 0 Å². The summed E-state index contributed by atoms with van der Waals surface area (Å²) in [5.41, 5.74) is 4.95. The average Bonchev–Trinajstić information content (AvgIpc) is 2.93. The number of ether oxygens (including phenoxy) is 2. The van der Waals surface area contributed by atoms with E-state index in [1.807, 2.05) is 12.4 Å². The molecule has 0 saturated heterocycles. The summed E-state index contributed by atoms with van der Waals surface area (Å²) in [5.74, 6) is 0.203. The molecule has 2 aromatic rings. The minimum absolute atomic E-state index is 0. The van der Waals surface area contributed by atoms with Crippen molar-refractivity contribution in [3.63, 3.8) is 0 Å². The largest absolute Gasteiger partial charge is 2.00 e. The van der Waals surface area contributed by atoms with Crippen molar-refractivity contribution in [2.75, 3.05) is 27.4 Å². The molecular formula is C40H64CaN2O4+2. The Morgan fingerprint density at radius 3 is 1.17 bits per heavy atom. The maximum Gasteiger partial charge on any atom is 2.00 e. The summed E-state index contributed by atoms with van der Waals surface area (Å²) in [6.45, 7) is 27.2. The molecule has 0 bridgehead atoms. The molecule has 6 nitrogen and oxygen atoms in total. The normalized spacial score (nSPS) is 17.8. The Bertz CT molecular complexity index is 1230. The molecule has 0 aliphatic heterocycles. The van der Waals surface area contributed by atoms with E-state index < -0.39 is 0 Å². The number of hydrogen-bond donors (Lipinski definition) is 2. The number of methoxy groups -OCH3 is 2. The van der Waals surface area contributed by atoms with Crippen molar-refractivity contribution in [3.05, 3.63) is 57.6 Å². The van der Waals surface area contributed by atoms with Gasteiger partial charge in [-0.1, -0.05) is 107 Å². The topological polar surface area (TPSA) is 92.5 Å². The molecule has 1 aliphatic carbocycles. The van der Waals surface area contributed by atoms with Crippen LogP contribution in [-0.2, 0) is 31.1 Å². The monoisotopic (exact) mass is 676 g/mol. The Morgan fingerprint density at radius 2 is 0.915 bits per heavy atom. The Kier molecular flexibility index (Phi) is 16.7. The molecule has 0 heterocycles. The number of hydrogen-bond acceptors (Lipinski definition) is 4. The molecule has 2 unspecified atom stereocenters.